The average Bonchev–Trinajstić information content (AvgIpc) is 3.24. The molecule has 8 heteroatoms. The summed E-state index contributed by atoms with van der Waals surface area (Å²) < 4.78 is 14.7. The molecular formula is C28H35ClN4O2Si. The Kier molecular flexibility index (Phi) is 8.00. The van der Waals surface area contributed by atoms with E-state index in [9.17, 15) is 0 Å². The lowest BCUT2D eigenvalue weighted by atomic mass is 10.2. The Balaban J connectivity index is 1.53. The van der Waals surface area contributed by atoms with Gasteiger partial charge in [0, 0.05) is 0 Å². The smallest absolute Gasteiger partial charge is 0.258 e. The number of ether oxygens (including phenoxy) is 1. The van der Waals surface area contributed by atoms with Gasteiger partial charge < -0.3 is 13.7 Å². The van der Waals surface area contributed by atoms with E-state index in [0.717, 1.165) is 16.9 Å². The molecule has 0 aliphatic carbocycles. The molecule has 6 nitrogen and oxygen atoms in total. The summed E-state index contributed by atoms with van der Waals surface area (Å²) in [7, 11) is -1.99. The van der Waals surface area contributed by atoms with Crippen molar-refractivity contribution in [1.82, 2.24) is 19.5 Å². The van der Waals surface area contributed by atoms with Crippen LogP contribution in [0.15, 0.2) is 60.9 Å². The summed E-state index contributed by atoms with van der Waals surface area (Å²) in [5, 5.41) is 0.133. The van der Waals surface area contributed by atoms with Gasteiger partial charge in [-0.15, -0.1) is 0 Å². The van der Waals surface area contributed by atoms with Crippen LogP contribution in [0.1, 0.15) is 52.7 Å². The Bertz CT molecular complexity index is 1270. The first-order valence-electron chi connectivity index (χ1n) is 12.5. The van der Waals surface area contributed by atoms with E-state index in [4.69, 9.17) is 20.8 Å². The van der Waals surface area contributed by atoms with Gasteiger partial charge in [0.1, 0.15) is 12.4 Å². The van der Waals surface area contributed by atoms with Gasteiger partial charge in [-0.1, -0.05) is 84.0 Å². The van der Waals surface area contributed by atoms with E-state index in [1.54, 1.807) is 6.33 Å². The highest BCUT2D eigenvalue weighted by Crippen LogP contribution is 2.42. The Labute approximate surface area is 219 Å². The van der Waals surface area contributed by atoms with Crippen molar-refractivity contribution in [3.05, 3.63) is 77.3 Å². The molecule has 36 heavy (non-hydrogen) atoms. The largest absolute Gasteiger partial charge is 0.543 e. The molecule has 4 rings (SSSR count). The number of aromatic nitrogens is 4. The van der Waals surface area contributed by atoms with Crippen LogP contribution < -0.4 is 9.16 Å². The molecule has 2 aromatic heterocycles. The third kappa shape index (κ3) is 5.42. The molecule has 0 saturated heterocycles. The van der Waals surface area contributed by atoms with Crippen LogP contribution in [-0.4, -0.2) is 27.8 Å². The third-order valence-electron chi connectivity index (χ3n) is 6.90. The number of fused-ring (bicyclic) bond motifs is 1. The predicted molar refractivity (Wildman–Crippen MR) is 148 cm³/mol. The fourth-order valence-electron chi connectivity index (χ4n) is 5.25. The van der Waals surface area contributed by atoms with E-state index in [1.807, 2.05) is 34.9 Å². The maximum absolute atomic E-state index is 6.81. The van der Waals surface area contributed by atoms with E-state index in [2.05, 4.69) is 80.8 Å². The lowest BCUT2D eigenvalue weighted by Crippen LogP contribution is -2.50. The zero-order chi connectivity index (χ0) is 25.9. The maximum atomic E-state index is 6.81. The van der Waals surface area contributed by atoms with Crippen molar-refractivity contribution in [2.45, 2.75) is 71.3 Å². The zero-order valence-corrected chi connectivity index (χ0v) is 23.7. The molecule has 0 saturated carbocycles. The number of benzene rings is 2. The summed E-state index contributed by atoms with van der Waals surface area (Å²) in [4.78, 5) is 13.2. The van der Waals surface area contributed by atoms with E-state index in [-0.39, 0.29) is 5.28 Å². The molecule has 0 fully saturated rings. The molecule has 0 bridgehead atoms. The summed E-state index contributed by atoms with van der Waals surface area (Å²) in [5.41, 5.74) is 4.98. The normalized spacial score (nSPS) is 12.2. The van der Waals surface area contributed by atoms with Crippen molar-refractivity contribution < 1.29 is 9.16 Å². The average molecular weight is 523 g/mol. The first kappa shape index (κ1) is 26.2. The molecule has 0 N–H and O–H groups in total. The fourth-order valence-corrected chi connectivity index (χ4v) is 10.7. The van der Waals surface area contributed by atoms with Crippen LogP contribution in [0.3, 0.4) is 0 Å². The standard InChI is InChI=1S/C28H35ClN4O2Si/c1-19(2)36(20(3)4,21(5)6)35-24-14-12-22(13-15-24)16-33-18-30-25-26(33)31-28(29)32-27(25)34-17-23-10-8-7-9-11-23/h7-15,18-21H,16-17H2,1-6H3. The van der Waals surface area contributed by atoms with E-state index < -0.39 is 8.32 Å². The van der Waals surface area contributed by atoms with Crippen LogP contribution in [-0.2, 0) is 13.2 Å². The maximum Gasteiger partial charge on any atom is 0.258 e. The summed E-state index contributed by atoms with van der Waals surface area (Å²) in [6.45, 7) is 14.8. The van der Waals surface area contributed by atoms with E-state index in [1.165, 1.54) is 0 Å². The highest BCUT2D eigenvalue weighted by molar-refractivity contribution is 6.78. The Morgan fingerprint density at radius 2 is 1.47 bits per heavy atom. The number of hydrogen-bond acceptors (Lipinski definition) is 5. The van der Waals surface area contributed by atoms with Crippen molar-refractivity contribution in [3.8, 4) is 11.6 Å². The van der Waals surface area contributed by atoms with Gasteiger partial charge in [0.2, 0.25) is 11.2 Å². The predicted octanol–water partition coefficient (Wildman–Crippen LogP) is 7.66. The molecule has 0 unspecified atom stereocenters. The number of halogens is 1. The van der Waals surface area contributed by atoms with Crippen molar-refractivity contribution in [1.29, 1.82) is 0 Å². The number of rotatable bonds is 10. The quantitative estimate of drug-likeness (QED) is 0.158. The molecule has 190 valence electrons. The molecule has 0 amide bonds. The lowest BCUT2D eigenvalue weighted by Gasteiger charge is -2.42. The van der Waals surface area contributed by atoms with Gasteiger partial charge in [0.25, 0.3) is 8.32 Å². The number of nitrogens with zero attached hydrogens (tertiary/aromatic N) is 4. The van der Waals surface area contributed by atoms with Crippen LogP contribution in [0.25, 0.3) is 11.2 Å². The molecule has 4 aromatic rings. The first-order chi connectivity index (χ1) is 17.2. The minimum atomic E-state index is -1.99. The van der Waals surface area contributed by atoms with Crippen molar-refractivity contribution in [2.75, 3.05) is 0 Å². The van der Waals surface area contributed by atoms with Crippen LogP contribution in [0.4, 0.5) is 0 Å². The minimum absolute atomic E-state index is 0.133. The molecule has 0 radical (unpaired) electrons. The van der Waals surface area contributed by atoms with Gasteiger partial charge in [-0.05, 0) is 51.5 Å². The van der Waals surface area contributed by atoms with Crippen LogP contribution in [0.2, 0.25) is 21.9 Å². The Morgan fingerprint density at radius 1 is 0.833 bits per heavy atom. The second kappa shape index (κ2) is 11.0. The van der Waals surface area contributed by atoms with Crippen molar-refractivity contribution in [2.24, 2.45) is 0 Å². The van der Waals surface area contributed by atoms with Crippen molar-refractivity contribution in [3.63, 3.8) is 0 Å². The van der Waals surface area contributed by atoms with Gasteiger partial charge in [-0.3, -0.25) is 0 Å². The van der Waals surface area contributed by atoms with Crippen LogP contribution >= 0.6 is 11.6 Å². The SMILES string of the molecule is CC(C)[Si](Oc1ccc(Cn2cnc3c(OCc4ccccc4)nc(Cl)nc32)cc1)(C(C)C)C(C)C. The molecule has 2 aromatic carbocycles. The lowest BCUT2D eigenvalue weighted by molar-refractivity contribution is 0.297. The van der Waals surface area contributed by atoms with Gasteiger partial charge in [0.15, 0.2) is 11.2 Å². The monoisotopic (exact) mass is 522 g/mol. The highest BCUT2D eigenvalue weighted by atomic mass is 35.5. The van der Waals surface area contributed by atoms with Crippen LogP contribution in [0.5, 0.6) is 11.6 Å². The fraction of sp³-hybridized carbons (Fsp3) is 0.393. The number of imidazole rings is 1. The molecular weight excluding hydrogens is 488 g/mol. The Morgan fingerprint density at radius 3 is 2.08 bits per heavy atom. The molecule has 0 aliphatic heterocycles. The van der Waals surface area contributed by atoms with Gasteiger partial charge in [-0.25, -0.2) is 4.98 Å². The summed E-state index contributed by atoms with van der Waals surface area (Å²) >= 11 is 6.24. The second-order valence-corrected chi connectivity index (χ2v) is 15.9. The van der Waals surface area contributed by atoms with Crippen LogP contribution in [0, 0.1) is 0 Å². The third-order valence-corrected chi connectivity index (χ3v) is 13.1. The zero-order valence-electron chi connectivity index (χ0n) is 21.9. The number of hydrogen-bond donors (Lipinski definition) is 0. The summed E-state index contributed by atoms with van der Waals surface area (Å²) in [5.74, 6) is 1.33. The molecule has 2 heterocycles. The summed E-state index contributed by atoms with van der Waals surface area (Å²) in [6.07, 6.45) is 1.75. The Hall–Kier alpha value is -2.90. The molecule has 0 spiro atoms. The molecule has 0 atom stereocenters. The van der Waals surface area contributed by atoms with E-state index in [0.29, 0.717) is 46.8 Å². The van der Waals surface area contributed by atoms with E-state index >= 15 is 0 Å². The van der Waals surface area contributed by atoms with Gasteiger partial charge >= 0.3 is 0 Å². The topological polar surface area (TPSA) is 62.1 Å². The minimum Gasteiger partial charge on any atom is -0.543 e. The second-order valence-electron chi connectivity index (χ2n) is 10.2. The molecule has 0 aliphatic rings. The highest BCUT2D eigenvalue weighted by Gasteiger charge is 2.46. The first-order valence-corrected chi connectivity index (χ1v) is 15.1. The van der Waals surface area contributed by atoms with Gasteiger partial charge in [-0.2, -0.15) is 9.97 Å². The van der Waals surface area contributed by atoms with Gasteiger partial charge in [0.05, 0.1) is 12.9 Å². The van der Waals surface area contributed by atoms with Crippen molar-refractivity contribution >= 4 is 31.1 Å². The summed E-state index contributed by atoms with van der Waals surface area (Å²) in [6, 6.07) is 18.3.